The van der Waals surface area contributed by atoms with Gasteiger partial charge in [-0.25, -0.2) is 0 Å². The van der Waals surface area contributed by atoms with Gasteiger partial charge in [-0.05, 0) is 19.9 Å². The molecular formula is C8H11LrN. The van der Waals surface area contributed by atoms with E-state index in [0.29, 0.717) is 0 Å². The second kappa shape index (κ2) is 3.23. The Morgan fingerprint density at radius 2 is 2.00 bits per heavy atom. The largest absolute Gasteiger partial charge is 0.266 e. The molecular weight excluding hydrogens is 372 g/mol. The van der Waals surface area contributed by atoms with E-state index in [1.54, 1.807) is 0 Å². The van der Waals surface area contributed by atoms with Crippen molar-refractivity contribution in [2.45, 2.75) is 20.3 Å². The van der Waals surface area contributed by atoms with E-state index in [1.807, 2.05) is 19.2 Å². The Kier molecular flexibility index (Phi) is 2.63. The molecule has 0 N–H and O–H groups in total. The molecule has 0 fully saturated rings. The first-order chi connectivity index (χ1) is 4.29. The average molecular weight is 383 g/mol. The molecule has 0 aliphatic carbocycles. The van der Waals surface area contributed by atoms with Gasteiger partial charge in [0.2, 0.25) is 0 Å². The molecule has 1 radical (unpaired) electrons. The number of hydrogen-bond donors (Lipinski definition) is 0. The van der Waals surface area contributed by atoms with Crippen LogP contribution in [0.1, 0.15) is 20.3 Å². The third-order valence-electron chi connectivity index (χ3n) is 1.32. The summed E-state index contributed by atoms with van der Waals surface area (Å²) in [5.41, 5.74) is 2.46. The van der Waals surface area contributed by atoms with Crippen LogP contribution in [0, 0.1) is 0 Å². The molecule has 1 rings (SSSR count). The molecule has 2 heteroatoms. The second-order valence-corrected chi connectivity index (χ2v) is 2.34. The van der Waals surface area contributed by atoms with E-state index in [4.69, 9.17) is 0 Å². The molecule has 1 aliphatic rings. The smallest absolute Gasteiger partial charge is 0.0368 e. The van der Waals surface area contributed by atoms with E-state index in [2.05, 4.69) is 18.0 Å². The van der Waals surface area contributed by atoms with Crippen molar-refractivity contribution in [1.29, 1.82) is 0 Å². The molecule has 1 heterocycles. The van der Waals surface area contributed by atoms with Crippen molar-refractivity contribution >= 4 is 6.21 Å². The fourth-order valence-electron chi connectivity index (χ4n) is 0.708. The van der Waals surface area contributed by atoms with E-state index in [0.717, 1.165) is 12.1 Å². The minimum absolute atomic E-state index is 0. The fraction of sp³-hybridized carbons (Fsp3) is 0.375. The van der Waals surface area contributed by atoms with Gasteiger partial charge >= 0.3 is 0 Å². The maximum Gasteiger partial charge on any atom is 0.0368 e. The van der Waals surface area contributed by atoms with Gasteiger partial charge in [-0.3, -0.25) is 4.99 Å². The summed E-state index contributed by atoms with van der Waals surface area (Å²) in [6.45, 7) is 4.12. The molecule has 0 aromatic carbocycles. The molecule has 0 saturated carbocycles. The van der Waals surface area contributed by atoms with Gasteiger partial charge in [0.25, 0.3) is 0 Å². The first-order valence-electron chi connectivity index (χ1n) is 3.15. The monoisotopic (exact) mass is 383 g/mol. The molecule has 0 saturated heterocycles. The summed E-state index contributed by atoms with van der Waals surface area (Å²) < 4.78 is 0. The number of hydrogen-bond acceptors (Lipinski definition) is 1. The standard InChI is InChI=1S/C8H11N.Lr/c1-7-3-4-8(2)9-6-5-7;/h3-4,6H,5H2,1-2H3;. The maximum atomic E-state index is 4.16. The van der Waals surface area contributed by atoms with Gasteiger partial charge in [-0.1, -0.05) is 11.6 Å². The van der Waals surface area contributed by atoms with Gasteiger partial charge < -0.3 is 0 Å². The summed E-state index contributed by atoms with van der Waals surface area (Å²) >= 11 is 0. The summed E-state index contributed by atoms with van der Waals surface area (Å²) in [7, 11) is 0. The van der Waals surface area contributed by atoms with Gasteiger partial charge in [0, 0.05) is 18.3 Å². The Hall–Kier alpha value is -1.85. The van der Waals surface area contributed by atoms with Gasteiger partial charge in [0.05, 0.1) is 0 Å². The number of rotatable bonds is 0. The van der Waals surface area contributed by atoms with Crippen molar-refractivity contribution in [3.05, 3.63) is 23.4 Å². The molecule has 1 nitrogen and oxygen atoms in total. The van der Waals surface area contributed by atoms with Crippen LogP contribution < -0.4 is 0 Å². The van der Waals surface area contributed by atoms with Crippen LogP contribution in [-0.4, -0.2) is 6.21 Å². The summed E-state index contributed by atoms with van der Waals surface area (Å²) in [6.07, 6.45) is 7.10. The SMILES string of the molecule is CC1=CC=C(C)N=CC1.[Lr]. The molecule has 0 aromatic rings. The van der Waals surface area contributed by atoms with Crippen molar-refractivity contribution in [1.82, 2.24) is 0 Å². The van der Waals surface area contributed by atoms with Crippen molar-refractivity contribution < 1.29 is 0 Å². The summed E-state index contributed by atoms with van der Waals surface area (Å²) in [4.78, 5) is 4.16. The van der Waals surface area contributed by atoms with Gasteiger partial charge in [0.1, 0.15) is 0 Å². The van der Waals surface area contributed by atoms with Crippen LogP contribution in [0.4, 0.5) is 0 Å². The topological polar surface area (TPSA) is 12.4 Å². The minimum atomic E-state index is 0. The van der Waals surface area contributed by atoms with E-state index in [-0.39, 0.29) is 0 Å². The van der Waals surface area contributed by atoms with Crippen molar-refractivity contribution in [2.24, 2.45) is 4.99 Å². The summed E-state index contributed by atoms with van der Waals surface area (Å²) in [6, 6.07) is 0. The first-order valence-corrected chi connectivity index (χ1v) is 3.15. The summed E-state index contributed by atoms with van der Waals surface area (Å²) in [5.74, 6) is 0. The third kappa shape index (κ3) is 1.95. The van der Waals surface area contributed by atoms with Crippen LogP contribution in [0.15, 0.2) is 28.4 Å². The van der Waals surface area contributed by atoms with Crippen LogP contribution in [0.5, 0.6) is 0 Å². The third-order valence-corrected chi connectivity index (χ3v) is 1.32. The average Bonchev–Trinajstić information content (AvgIpc) is 1.97. The Morgan fingerprint density at radius 1 is 1.30 bits per heavy atom. The van der Waals surface area contributed by atoms with Gasteiger partial charge in [0.15, 0.2) is 0 Å². The Labute approximate surface area is 55.8 Å². The van der Waals surface area contributed by atoms with Crippen LogP contribution in [-0.2, 0) is 0 Å². The second-order valence-electron chi connectivity index (χ2n) is 2.34. The zero-order valence-electron chi connectivity index (χ0n) is 6.14. The zero-order chi connectivity index (χ0) is 6.69. The number of aliphatic imine (C=N–C) groups is 1. The van der Waals surface area contributed by atoms with Crippen molar-refractivity contribution in [2.75, 3.05) is 0 Å². The van der Waals surface area contributed by atoms with E-state index in [9.17, 15) is 0 Å². The van der Waals surface area contributed by atoms with Crippen molar-refractivity contribution in [3.63, 3.8) is 0 Å². The normalized spacial score (nSPS) is 16.6. The van der Waals surface area contributed by atoms with Crippen LogP contribution >= 0.6 is 0 Å². The summed E-state index contributed by atoms with van der Waals surface area (Å²) in [5, 5.41) is 0. The molecule has 1 aliphatic heterocycles. The Bertz CT molecular complexity index is 189. The van der Waals surface area contributed by atoms with Crippen LogP contribution in [0.2, 0.25) is 0 Å². The van der Waals surface area contributed by atoms with Crippen LogP contribution in [0.3, 0.4) is 0 Å². The zero-order valence-corrected chi connectivity index (χ0v) is 8.29. The van der Waals surface area contributed by atoms with Crippen LogP contribution in [0.25, 0.3) is 0 Å². The molecule has 0 atom stereocenters. The first kappa shape index (κ1) is 8.15. The van der Waals surface area contributed by atoms with Gasteiger partial charge in [-0.15, -0.1) is 0 Å². The molecule has 0 unspecified atom stereocenters. The van der Waals surface area contributed by atoms with Crippen molar-refractivity contribution in [3.8, 4) is 0 Å². The molecule has 10 heavy (non-hydrogen) atoms. The van der Waals surface area contributed by atoms with E-state index < -0.39 is 0 Å². The molecule has 63 valence electrons. The fourth-order valence-corrected chi connectivity index (χ4v) is 0.708. The molecule has 0 bridgehead atoms. The predicted molar refractivity (Wildman–Crippen MR) is 40.6 cm³/mol. The molecule has 0 amide bonds. The number of nitrogens with zero attached hydrogens (tertiary/aromatic N) is 1. The maximum absolute atomic E-state index is 4.16. The number of allylic oxidation sites excluding steroid dienone is 4. The Balaban J connectivity index is 0.000000810. The minimum Gasteiger partial charge on any atom is -0.266 e. The van der Waals surface area contributed by atoms with Gasteiger partial charge in [-0.2, -0.15) is 0 Å². The quantitative estimate of drug-likeness (QED) is 0.609. The molecule has 0 spiro atoms. The molecule has 0 aromatic heterocycles. The van der Waals surface area contributed by atoms with E-state index in [1.165, 1.54) is 5.57 Å². The predicted octanol–water partition coefficient (Wildman–Crippen LogP) is 2.31. The Morgan fingerprint density at radius 3 is 2.70 bits per heavy atom. The van der Waals surface area contributed by atoms with E-state index >= 15 is 0 Å².